The van der Waals surface area contributed by atoms with Crippen molar-refractivity contribution in [2.45, 2.75) is 37.0 Å². The van der Waals surface area contributed by atoms with Crippen LogP contribution in [0.4, 0.5) is 0 Å². The van der Waals surface area contributed by atoms with E-state index >= 15 is 0 Å². The van der Waals surface area contributed by atoms with Gasteiger partial charge in [0.25, 0.3) is 5.91 Å². The highest BCUT2D eigenvalue weighted by Crippen LogP contribution is 2.25. The molecule has 0 bridgehead atoms. The highest BCUT2D eigenvalue weighted by molar-refractivity contribution is 7.89. The summed E-state index contributed by atoms with van der Waals surface area (Å²) in [7, 11) is -1.75. The molecule has 27 heavy (non-hydrogen) atoms. The SMILES string of the molecule is CN(CC1CCCC1)C(=O)c1ccc(S(=O)(=O)NCCc2cccs2)cc1. The molecule has 1 aliphatic carbocycles. The number of amides is 1. The Morgan fingerprint density at radius 3 is 2.52 bits per heavy atom. The maximum Gasteiger partial charge on any atom is 0.253 e. The molecule has 0 atom stereocenters. The number of hydrogen-bond acceptors (Lipinski definition) is 4. The molecule has 1 aromatic carbocycles. The molecule has 1 aliphatic rings. The normalized spacial score (nSPS) is 15.1. The van der Waals surface area contributed by atoms with Gasteiger partial charge in [-0.1, -0.05) is 18.9 Å². The molecule has 0 radical (unpaired) electrons. The molecule has 1 fully saturated rings. The first-order valence-corrected chi connectivity index (χ1v) is 11.7. The Hall–Kier alpha value is -1.70. The largest absolute Gasteiger partial charge is 0.341 e. The number of benzene rings is 1. The first kappa shape index (κ1) is 20.0. The van der Waals surface area contributed by atoms with Crippen LogP contribution in [-0.2, 0) is 16.4 Å². The van der Waals surface area contributed by atoms with Crippen LogP contribution in [0.15, 0.2) is 46.7 Å². The molecule has 1 N–H and O–H groups in total. The Labute approximate surface area is 165 Å². The van der Waals surface area contributed by atoms with Crippen molar-refractivity contribution in [2.75, 3.05) is 20.1 Å². The van der Waals surface area contributed by atoms with Gasteiger partial charge in [-0.05, 0) is 60.9 Å². The topological polar surface area (TPSA) is 66.5 Å². The lowest BCUT2D eigenvalue weighted by Gasteiger charge is -2.21. The molecule has 1 heterocycles. The second-order valence-corrected chi connectivity index (χ2v) is 9.89. The van der Waals surface area contributed by atoms with Crippen LogP contribution in [0.1, 0.15) is 40.9 Å². The van der Waals surface area contributed by atoms with Crippen molar-refractivity contribution in [1.82, 2.24) is 9.62 Å². The number of sulfonamides is 1. The first-order chi connectivity index (χ1) is 13.0. The number of nitrogens with zero attached hydrogens (tertiary/aromatic N) is 1. The Morgan fingerprint density at radius 2 is 1.89 bits per heavy atom. The molecule has 2 aromatic rings. The molecular formula is C20H26N2O3S2. The predicted molar refractivity (Wildman–Crippen MR) is 109 cm³/mol. The maximum atomic E-state index is 12.6. The summed E-state index contributed by atoms with van der Waals surface area (Å²) in [6.45, 7) is 1.12. The number of carbonyl (C=O) groups excluding carboxylic acids is 1. The highest BCUT2D eigenvalue weighted by atomic mass is 32.2. The van der Waals surface area contributed by atoms with Gasteiger partial charge >= 0.3 is 0 Å². The molecule has 0 saturated heterocycles. The second-order valence-electron chi connectivity index (χ2n) is 7.09. The van der Waals surface area contributed by atoms with Crippen LogP contribution < -0.4 is 4.72 Å². The number of nitrogens with one attached hydrogen (secondary N) is 1. The van der Waals surface area contributed by atoms with Gasteiger partial charge in [0.1, 0.15) is 0 Å². The lowest BCUT2D eigenvalue weighted by Crippen LogP contribution is -2.31. The van der Waals surface area contributed by atoms with Crippen molar-refractivity contribution >= 4 is 27.3 Å². The number of carbonyl (C=O) groups is 1. The number of rotatable bonds is 8. The second kappa shape index (κ2) is 8.99. The van der Waals surface area contributed by atoms with Gasteiger partial charge in [0, 0.05) is 30.6 Å². The smallest absolute Gasteiger partial charge is 0.253 e. The molecule has 3 rings (SSSR count). The molecule has 1 aromatic heterocycles. The van der Waals surface area contributed by atoms with Gasteiger partial charge in [0.15, 0.2) is 0 Å². The molecule has 5 nitrogen and oxygen atoms in total. The van der Waals surface area contributed by atoms with Crippen LogP contribution in [0.3, 0.4) is 0 Å². The molecular weight excluding hydrogens is 380 g/mol. The maximum absolute atomic E-state index is 12.6. The van der Waals surface area contributed by atoms with Crippen molar-refractivity contribution in [3.8, 4) is 0 Å². The first-order valence-electron chi connectivity index (χ1n) is 9.33. The van der Waals surface area contributed by atoms with Crippen molar-refractivity contribution in [2.24, 2.45) is 5.92 Å². The summed E-state index contributed by atoms with van der Waals surface area (Å²) in [6.07, 6.45) is 5.54. The molecule has 0 aliphatic heterocycles. The molecule has 0 spiro atoms. The fourth-order valence-corrected chi connectivity index (χ4v) is 5.25. The number of hydrogen-bond donors (Lipinski definition) is 1. The van der Waals surface area contributed by atoms with Crippen molar-refractivity contribution in [3.63, 3.8) is 0 Å². The summed E-state index contributed by atoms with van der Waals surface area (Å²) >= 11 is 1.61. The summed E-state index contributed by atoms with van der Waals surface area (Å²) in [4.78, 5) is 15.6. The lowest BCUT2D eigenvalue weighted by atomic mass is 10.1. The van der Waals surface area contributed by atoms with Gasteiger partial charge in [-0.3, -0.25) is 4.79 Å². The summed E-state index contributed by atoms with van der Waals surface area (Å²) in [5.74, 6) is 0.530. The Kier molecular flexibility index (Phi) is 6.68. The summed E-state index contributed by atoms with van der Waals surface area (Å²) in [5, 5.41) is 1.98. The zero-order valence-corrected chi connectivity index (χ0v) is 17.2. The van der Waals surface area contributed by atoms with Crippen molar-refractivity contribution < 1.29 is 13.2 Å². The molecule has 0 unspecified atom stereocenters. The average Bonchev–Trinajstić information content (AvgIpc) is 3.35. The van der Waals surface area contributed by atoms with Crippen LogP contribution >= 0.6 is 11.3 Å². The van der Waals surface area contributed by atoms with Crippen molar-refractivity contribution in [3.05, 3.63) is 52.2 Å². The van der Waals surface area contributed by atoms with Gasteiger partial charge < -0.3 is 4.90 Å². The van der Waals surface area contributed by atoms with Crippen LogP contribution in [0.5, 0.6) is 0 Å². The highest BCUT2D eigenvalue weighted by Gasteiger charge is 2.21. The third kappa shape index (κ3) is 5.40. The van der Waals surface area contributed by atoms with E-state index in [1.165, 1.54) is 37.8 Å². The monoisotopic (exact) mass is 406 g/mol. The molecule has 7 heteroatoms. The fraction of sp³-hybridized carbons (Fsp3) is 0.450. The minimum absolute atomic E-state index is 0.0588. The van der Waals surface area contributed by atoms with E-state index in [1.54, 1.807) is 28.4 Å². The zero-order valence-electron chi connectivity index (χ0n) is 15.6. The third-order valence-corrected chi connectivity index (χ3v) is 7.42. The van der Waals surface area contributed by atoms with Crippen LogP contribution in [-0.4, -0.2) is 39.4 Å². The Bertz CT molecular complexity index is 840. The van der Waals surface area contributed by atoms with E-state index in [0.29, 0.717) is 24.4 Å². The lowest BCUT2D eigenvalue weighted by molar-refractivity contribution is 0.0773. The summed E-state index contributed by atoms with van der Waals surface area (Å²) in [6, 6.07) is 10.1. The fourth-order valence-electron chi connectivity index (χ4n) is 3.51. The third-order valence-electron chi connectivity index (χ3n) is 5.01. The van der Waals surface area contributed by atoms with E-state index in [2.05, 4.69) is 4.72 Å². The quantitative estimate of drug-likeness (QED) is 0.729. The summed E-state index contributed by atoms with van der Waals surface area (Å²) in [5.41, 5.74) is 0.521. The van der Waals surface area contributed by atoms with E-state index < -0.39 is 10.0 Å². The van der Waals surface area contributed by atoms with Gasteiger partial charge in [-0.25, -0.2) is 13.1 Å². The molecule has 1 saturated carbocycles. The van der Waals surface area contributed by atoms with Gasteiger partial charge in [0.05, 0.1) is 4.90 Å². The van der Waals surface area contributed by atoms with Crippen LogP contribution in [0.25, 0.3) is 0 Å². The van der Waals surface area contributed by atoms with E-state index in [1.807, 2.05) is 24.6 Å². The van der Waals surface area contributed by atoms with Gasteiger partial charge in [-0.2, -0.15) is 0 Å². The zero-order chi connectivity index (χ0) is 19.3. The van der Waals surface area contributed by atoms with Crippen molar-refractivity contribution in [1.29, 1.82) is 0 Å². The molecule has 146 valence electrons. The van der Waals surface area contributed by atoms with Crippen LogP contribution in [0.2, 0.25) is 0 Å². The minimum Gasteiger partial charge on any atom is -0.341 e. The van der Waals surface area contributed by atoms with E-state index in [9.17, 15) is 13.2 Å². The predicted octanol–water partition coefficient (Wildman–Crippen LogP) is 3.53. The van der Waals surface area contributed by atoms with E-state index in [-0.39, 0.29) is 10.8 Å². The summed E-state index contributed by atoms with van der Waals surface area (Å²) < 4.78 is 27.4. The van der Waals surface area contributed by atoms with Crippen LogP contribution in [0, 0.1) is 5.92 Å². The van der Waals surface area contributed by atoms with Gasteiger partial charge in [0.2, 0.25) is 10.0 Å². The standard InChI is InChI=1S/C20H26N2O3S2/c1-22(15-16-5-2-3-6-16)20(23)17-8-10-19(11-9-17)27(24,25)21-13-12-18-7-4-14-26-18/h4,7-11,14,16,21H,2-3,5-6,12-13,15H2,1H3. The van der Waals surface area contributed by atoms with E-state index in [4.69, 9.17) is 0 Å². The molecule has 1 amide bonds. The minimum atomic E-state index is -3.57. The van der Waals surface area contributed by atoms with Gasteiger partial charge in [-0.15, -0.1) is 11.3 Å². The van der Waals surface area contributed by atoms with E-state index in [0.717, 1.165) is 11.4 Å². The Balaban J connectivity index is 1.57. The number of thiophene rings is 1. The Morgan fingerprint density at radius 1 is 1.19 bits per heavy atom. The average molecular weight is 407 g/mol.